The zero-order chi connectivity index (χ0) is 24.7. The summed E-state index contributed by atoms with van der Waals surface area (Å²) in [5, 5.41) is 11.7. The van der Waals surface area contributed by atoms with Crippen LogP contribution < -0.4 is 5.32 Å². The summed E-state index contributed by atoms with van der Waals surface area (Å²) >= 11 is 1.37. The maximum Gasteiger partial charge on any atom is 0.407 e. The number of carbonyl (C=O) groups is 3. The Balaban J connectivity index is 1.18. The topological polar surface area (TPSA) is 95.9 Å². The number of nitrogens with zero attached hydrogens (tertiary/aromatic N) is 1. The Morgan fingerprint density at radius 1 is 1.09 bits per heavy atom. The average Bonchev–Trinajstić information content (AvgIpc) is 3.26. The quantitative estimate of drug-likeness (QED) is 0.629. The van der Waals surface area contributed by atoms with Gasteiger partial charge in [-0.3, -0.25) is 4.79 Å². The van der Waals surface area contributed by atoms with E-state index in [1.54, 1.807) is 0 Å². The zero-order valence-electron chi connectivity index (χ0n) is 18.7. The predicted molar refractivity (Wildman–Crippen MR) is 125 cm³/mol. The van der Waals surface area contributed by atoms with Crippen molar-refractivity contribution in [2.45, 2.75) is 17.9 Å². The van der Waals surface area contributed by atoms with Gasteiger partial charge in [0.1, 0.15) is 18.6 Å². The van der Waals surface area contributed by atoms with Gasteiger partial charge in [-0.25, -0.2) is 18.4 Å². The Morgan fingerprint density at radius 3 is 2.34 bits per heavy atom. The molecular formula is C25H24F2N2O5S. The number of fused-ring (bicyclic) bond motifs is 3. The first-order chi connectivity index (χ1) is 16.8. The highest BCUT2D eigenvalue weighted by atomic mass is 32.2. The minimum Gasteiger partial charge on any atom is -0.480 e. The van der Waals surface area contributed by atoms with Crippen LogP contribution in [0.4, 0.5) is 13.6 Å². The highest BCUT2D eigenvalue weighted by Crippen LogP contribution is 2.56. The summed E-state index contributed by atoms with van der Waals surface area (Å²) in [6.45, 7) is -0.269. The number of alkyl halides is 2. The van der Waals surface area contributed by atoms with E-state index in [2.05, 4.69) is 5.32 Å². The van der Waals surface area contributed by atoms with Gasteiger partial charge in [-0.05, 0) is 22.3 Å². The molecule has 10 heteroatoms. The van der Waals surface area contributed by atoms with Gasteiger partial charge in [0.15, 0.2) is 0 Å². The molecule has 5 rings (SSSR count). The first-order valence-electron chi connectivity index (χ1n) is 11.4. The summed E-state index contributed by atoms with van der Waals surface area (Å²) in [5.74, 6) is -7.90. The number of ether oxygens (including phenoxy) is 1. The number of rotatable bonds is 6. The van der Waals surface area contributed by atoms with Gasteiger partial charge in [-0.1, -0.05) is 48.5 Å². The Bertz CT molecular complexity index is 1130. The van der Waals surface area contributed by atoms with E-state index in [-0.39, 0.29) is 24.8 Å². The minimum atomic E-state index is -3.30. The number of amides is 2. The Hall–Kier alpha value is -3.14. The third-order valence-corrected chi connectivity index (χ3v) is 8.00. The monoisotopic (exact) mass is 502 g/mol. The van der Waals surface area contributed by atoms with E-state index in [9.17, 15) is 28.3 Å². The highest BCUT2D eigenvalue weighted by Gasteiger charge is 2.72. The van der Waals surface area contributed by atoms with Gasteiger partial charge in [0.2, 0.25) is 5.91 Å². The van der Waals surface area contributed by atoms with E-state index in [1.807, 2.05) is 48.5 Å². The maximum atomic E-state index is 14.4. The van der Waals surface area contributed by atoms with E-state index in [1.165, 1.54) is 11.8 Å². The van der Waals surface area contributed by atoms with Crippen molar-refractivity contribution in [2.75, 3.05) is 31.2 Å². The van der Waals surface area contributed by atoms with Crippen LogP contribution in [0.15, 0.2) is 48.5 Å². The molecule has 0 aromatic heterocycles. The summed E-state index contributed by atoms with van der Waals surface area (Å²) in [6, 6.07) is 14.6. The van der Waals surface area contributed by atoms with Crippen LogP contribution in [0.25, 0.3) is 11.1 Å². The molecule has 2 N–H and O–H groups in total. The fraction of sp³-hybridized carbons (Fsp3) is 0.400. The fourth-order valence-corrected chi connectivity index (χ4v) is 6.11. The number of benzene rings is 2. The van der Waals surface area contributed by atoms with E-state index in [0.717, 1.165) is 27.2 Å². The molecule has 3 aliphatic rings. The molecule has 0 spiro atoms. The smallest absolute Gasteiger partial charge is 0.407 e. The maximum absolute atomic E-state index is 14.4. The lowest BCUT2D eigenvalue weighted by Crippen LogP contribution is -2.51. The molecule has 1 saturated carbocycles. The first kappa shape index (κ1) is 23.6. The van der Waals surface area contributed by atoms with Crippen molar-refractivity contribution in [3.05, 3.63) is 59.7 Å². The molecule has 3 atom stereocenters. The summed E-state index contributed by atoms with van der Waals surface area (Å²) in [7, 11) is 0. The second-order valence-corrected chi connectivity index (χ2v) is 10.1. The van der Waals surface area contributed by atoms with Gasteiger partial charge in [-0.15, -0.1) is 0 Å². The van der Waals surface area contributed by atoms with Crippen LogP contribution >= 0.6 is 11.8 Å². The third-order valence-electron chi connectivity index (χ3n) is 6.97. The van der Waals surface area contributed by atoms with Crippen LogP contribution in [-0.2, 0) is 14.3 Å². The van der Waals surface area contributed by atoms with Gasteiger partial charge < -0.3 is 20.1 Å². The van der Waals surface area contributed by atoms with Crippen molar-refractivity contribution in [2.24, 2.45) is 11.8 Å². The molecule has 0 bridgehead atoms. The summed E-state index contributed by atoms with van der Waals surface area (Å²) in [6.07, 6.45) is -0.835. The molecule has 2 aromatic rings. The zero-order valence-corrected chi connectivity index (χ0v) is 19.5. The summed E-state index contributed by atoms with van der Waals surface area (Å²) in [5.41, 5.74) is 4.22. The minimum absolute atomic E-state index is 0.0506. The van der Waals surface area contributed by atoms with E-state index >= 15 is 0 Å². The molecular weight excluding hydrogens is 478 g/mol. The summed E-state index contributed by atoms with van der Waals surface area (Å²) in [4.78, 5) is 37.5. The number of thioether (sulfide) groups is 1. The molecule has 1 saturated heterocycles. The molecule has 1 unspecified atom stereocenters. The standard InChI is InChI=1S/C25H24F2N2O5S/c26-25(27)19(21(25)22(30)29-9-10-35-13-20(29)23(31)32)11-28-24(33)34-12-18-16-7-3-1-5-14(16)15-6-2-4-8-17(15)18/h1-8,18-21H,9-13H2,(H,28,33)(H,31,32)/t19-,20?,21-/m0/s1. The normalized spacial score (nSPS) is 24.3. The predicted octanol–water partition coefficient (Wildman–Crippen LogP) is 3.44. The number of hydrogen-bond donors (Lipinski definition) is 2. The Labute approximate surface area is 204 Å². The van der Waals surface area contributed by atoms with Crippen LogP contribution in [0.3, 0.4) is 0 Å². The van der Waals surface area contributed by atoms with Crippen LogP contribution in [0, 0.1) is 11.8 Å². The molecule has 35 heavy (non-hydrogen) atoms. The van der Waals surface area contributed by atoms with Crippen molar-refractivity contribution in [1.29, 1.82) is 0 Å². The van der Waals surface area contributed by atoms with Crippen LogP contribution in [-0.4, -0.2) is 71.1 Å². The number of carboxylic acids is 1. The van der Waals surface area contributed by atoms with Gasteiger partial charge in [-0.2, -0.15) is 11.8 Å². The lowest BCUT2D eigenvalue weighted by Gasteiger charge is -2.32. The lowest BCUT2D eigenvalue weighted by atomic mass is 9.98. The van der Waals surface area contributed by atoms with Gasteiger partial charge in [0.05, 0.1) is 5.92 Å². The number of alkyl carbamates (subject to hydrolysis) is 1. The Kier molecular flexibility index (Phi) is 6.16. The lowest BCUT2D eigenvalue weighted by molar-refractivity contribution is -0.150. The molecule has 7 nitrogen and oxygen atoms in total. The first-order valence-corrected chi connectivity index (χ1v) is 12.5. The molecule has 2 fully saturated rings. The molecule has 2 aliphatic carbocycles. The number of carboxylic acid groups (broad SMARTS) is 1. The fourth-order valence-electron chi connectivity index (χ4n) is 5.07. The van der Waals surface area contributed by atoms with Crippen LogP contribution in [0.5, 0.6) is 0 Å². The van der Waals surface area contributed by atoms with Crippen molar-refractivity contribution in [1.82, 2.24) is 10.2 Å². The van der Waals surface area contributed by atoms with E-state index < -0.39 is 48.3 Å². The number of aliphatic carboxylic acids is 1. The van der Waals surface area contributed by atoms with Crippen molar-refractivity contribution >= 4 is 29.7 Å². The Morgan fingerprint density at radius 2 is 1.71 bits per heavy atom. The molecule has 1 aliphatic heterocycles. The van der Waals surface area contributed by atoms with E-state index in [0.29, 0.717) is 5.75 Å². The molecule has 184 valence electrons. The van der Waals surface area contributed by atoms with Gasteiger partial charge in [0.25, 0.3) is 5.92 Å². The van der Waals surface area contributed by atoms with Crippen molar-refractivity contribution in [3.8, 4) is 11.1 Å². The summed E-state index contributed by atoms with van der Waals surface area (Å²) < 4.78 is 34.2. The molecule has 1 heterocycles. The number of hydrogen-bond acceptors (Lipinski definition) is 5. The molecule has 2 aromatic carbocycles. The second kappa shape index (κ2) is 9.14. The second-order valence-electron chi connectivity index (χ2n) is 8.93. The number of halogens is 2. The number of carbonyl (C=O) groups excluding carboxylic acids is 2. The molecule has 2 amide bonds. The molecule has 0 radical (unpaired) electrons. The number of nitrogens with one attached hydrogen (secondary N) is 1. The third kappa shape index (κ3) is 4.24. The average molecular weight is 503 g/mol. The van der Waals surface area contributed by atoms with Crippen LogP contribution in [0.2, 0.25) is 0 Å². The van der Waals surface area contributed by atoms with Crippen molar-refractivity contribution in [3.63, 3.8) is 0 Å². The highest BCUT2D eigenvalue weighted by molar-refractivity contribution is 7.99. The van der Waals surface area contributed by atoms with E-state index in [4.69, 9.17) is 4.74 Å². The van der Waals surface area contributed by atoms with Gasteiger partial charge >= 0.3 is 12.1 Å². The SMILES string of the molecule is O=C(NC[C@H]1[C@@H](C(=O)N2CCSCC2C(=O)O)C1(F)F)OCC1c2ccccc2-c2ccccc21. The van der Waals surface area contributed by atoms with Crippen LogP contribution in [0.1, 0.15) is 17.0 Å². The van der Waals surface area contributed by atoms with Crippen molar-refractivity contribution < 1.29 is 33.0 Å². The largest absolute Gasteiger partial charge is 0.480 e. The van der Waals surface area contributed by atoms with Gasteiger partial charge in [0, 0.05) is 30.5 Å².